The molecule has 0 bridgehead atoms. The first-order valence-corrected chi connectivity index (χ1v) is 4.95. The van der Waals surface area contributed by atoms with E-state index in [1.54, 1.807) is 0 Å². The second-order valence-corrected chi connectivity index (χ2v) is 3.63. The summed E-state index contributed by atoms with van der Waals surface area (Å²) in [5.41, 5.74) is 0. The van der Waals surface area contributed by atoms with Gasteiger partial charge in [-0.1, -0.05) is 0 Å². The van der Waals surface area contributed by atoms with Gasteiger partial charge in [0.15, 0.2) is 6.10 Å². The van der Waals surface area contributed by atoms with Crippen LogP contribution in [0.15, 0.2) is 0 Å². The Bertz CT molecular complexity index is 129. The molecule has 80 valence electrons. The molecule has 0 saturated heterocycles. The van der Waals surface area contributed by atoms with Crippen molar-refractivity contribution in [1.82, 2.24) is 0 Å². The minimum atomic E-state index is -4.49. The number of hydrogen-bond donors (Lipinski definition) is 1. The molecule has 0 aliphatic carbocycles. The fourth-order valence-electron chi connectivity index (χ4n) is 0.595. The zero-order chi connectivity index (χ0) is 10.3. The van der Waals surface area contributed by atoms with E-state index < -0.39 is 12.3 Å². The second kappa shape index (κ2) is 6.50. The average molecular weight is 218 g/mol. The third-order valence-corrected chi connectivity index (χ3v) is 2.42. The van der Waals surface area contributed by atoms with Crippen LogP contribution in [0, 0.1) is 0 Å². The molecule has 0 radical (unpaired) electrons. The molecule has 0 fully saturated rings. The lowest BCUT2D eigenvalue weighted by molar-refractivity contribution is -0.195. The van der Waals surface area contributed by atoms with E-state index >= 15 is 0 Å². The highest BCUT2D eigenvalue weighted by atomic mass is 32.2. The maximum absolute atomic E-state index is 11.7. The molecule has 0 amide bonds. The number of thioether (sulfide) groups is 1. The molecule has 1 N–H and O–H groups in total. The van der Waals surface area contributed by atoms with Crippen molar-refractivity contribution < 1.29 is 23.0 Å². The van der Waals surface area contributed by atoms with Gasteiger partial charge < -0.3 is 9.84 Å². The van der Waals surface area contributed by atoms with Crippen LogP contribution in [0.25, 0.3) is 0 Å². The minimum Gasteiger partial charge on any atom is -0.385 e. The van der Waals surface area contributed by atoms with Crippen LogP contribution in [-0.2, 0) is 4.74 Å². The first-order chi connectivity index (χ1) is 5.98. The predicted molar refractivity (Wildman–Crippen MR) is 45.9 cm³/mol. The van der Waals surface area contributed by atoms with Gasteiger partial charge in [0.25, 0.3) is 0 Å². The van der Waals surface area contributed by atoms with E-state index in [1.807, 2.05) is 0 Å². The van der Waals surface area contributed by atoms with Crippen LogP contribution in [-0.4, -0.2) is 42.6 Å². The fourth-order valence-corrected chi connectivity index (χ4v) is 1.50. The molecular formula is C7H13F3O2S. The monoisotopic (exact) mass is 218 g/mol. The Morgan fingerprint density at radius 3 is 2.54 bits per heavy atom. The van der Waals surface area contributed by atoms with Gasteiger partial charge in [0.2, 0.25) is 0 Å². The third kappa shape index (κ3) is 7.16. The maximum Gasteiger partial charge on any atom is 0.415 e. The van der Waals surface area contributed by atoms with Gasteiger partial charge in [-0.2, -0.15) is 24.9 Å². The van der Waals surface area contributed by atoms with Crippen LogP contribution in [0.4, 0.5) is 13.2 Å². The summed E-state index contributed by atoms with van der Waals surface area (Å²) in [5.74, 6) is 0.272. The molecule has 0 aromatic rings. The van der Waals surface area contributed by atoms with E-state index in [-0.39, 0.29) is 5.75 Å². The predicted octanol–water partition coefficient (Wildman–Crippen LogP) is 1.68. The van der Waals surface area contributed by atoms with Gasteiger partial charge in [0.05, 0.1) is 0 Å². The van der Waals surface area contributed by atoms with Gasteiger partial charge >= 0.3 is 6.18 Å². The van der Waals surface area contributed by atoms with Crippen molar-refractivity contribution in [3.8, 4) is 0 Å². The van der Waals surface area contributed by atoms with Crippen molar-refractivity contribution in [3.63, 3.8) is 0 Å². The molecule has 1 unspecified atom stereocenters. The van der Waals surface area contributed by atoms with Crippen LogP contribution in [0.3, 0.4) is 0 Å². The first-order valence-electron chi connectivity index (χ1n) is 3.80. The van der Waals surface area contributed by atoms with Gasteiger partial charge in [0.1, 0.15) is 0 Å². The number of aliphatic hydroxyl groups excluding tert-OH is 1. The van der Waals surface area contributed by atoms with E-state index in [0.29, 0.717) is 18.8 Å². The summed E-state index contributed by atoms with van der Waals surface area (Å²) in [7, 11) is 1.54. The normalized spacial score (nSPS) is 14.5. The summed E-state index contributed by atoms with van der Waals surface area (Å²) >= 11 is 1.08. The van der Waals surface area contributed by atoms with E-state index in [9.17, 15) is 13.2 Å². The van der Waals surface area contributed by atoms with Crippen LogP contribution >= 0.6 is 11.8 Å². The second-order valence-electron chi connectivity index (χ2n) is 2.48. The number of rotatable bonds is 6. The topological polar surface area (TPSA) is 29.5 Å². The molecule has 0 aliphatic heterocycles. The molecule has 0 aromatic carbocycles. The highest BCUT2D eigenvalue weighted by molar-refractivity contribution is 7.99. The summed E-state index contributed by atoms with van der Waals surface area (Å²) in [4.78, 5) is 0. The lowest BCUT2D eigenvalue weighted by Crippen LogP contribution is -2.30. The molecule has 0 saturated carbocycles. The molecule has 2 nitrogen and oxygen atoms in total. The maximum atomic E-state index is 11.7. The Labute approximate surface area is 79.5 Å². The SMILES string of the molecule is COCCCSCC(O)C(F)(F)F. The van der Waals surface area contributed by atoms with Gasteiger partial charge in [0, 0.05) is 19.5 Å². The largest absolute Gasteiger partial charge is 0.415 e. The molecule has 0 spiro atoms. The summed E-state index contributed by atoms with van der Waals surface area (Å²) < 4.78 is 39.9. The molecule has 1 atom stereocenters. The zero-order valence-electron chi connectivity index (χ0n) is 7.30. The smallest absolute Gasteiger partial charge is 0.385 e. The Kier molecular flexibility index (Phi) is 6.53. The molecule has 0 aromatic heterocycles. The molecule has 0 aliphatic rings. The number of aliphatic hydroxyl groups is 1. The average Bonchev–Trinajstić information content (AvgIpc) is 2.02. The third-order valence-electron chi connectivity index (χ3n) is 1.29. The quantitative estimate of drug-likeness (QED) is 0.688. The number of halogens is 3. The van der Waals surface area contributed by atoms with Crippen molar-refractivity contribution in [2.45, 2.75) is 18.7 Å². The number of alkyl halides is 3. The van der Waals surface area contributed by atoms with Crippen molar-refractivity contribution in [3.05, 3.63) is 0 Å². The molecular weight excluding hydrogens is 205 g/mol. The Morgan fingerprint density at radius 1 is 1.46 bits per heavy atom. The number of ether oxygens (including phenoxy) is 1. The van der Waals surface area contributed by atoms with E-state index in [2.05, 4.69) is 0 Å². The fraction of sp³-hybridized carbons (Fsp3) is 1.00. The van der Waals surface area contributed by atoms with Crippen LogP contribution in [0.5, 0.6) is 0 Å². The van der Waals surface area contributed by atoms with E-state index in [1.165, 1.54) is 7.11 Å². The highest BCUT2D eigenvalue weighted by Crippen LogP contribution is 2.22. The Hall–Kier alpha value is 0.0600. The lowest BCUT2D eigenvalue weighted by Gasteiger charge is -2.13. The van der Waals surface area contributed by atoms with Crippen molar-refractivity contribution in [1.29, 1.82) is 0 Å². The zero-order valence-corrected chi connectivity index (χ0v) is 8.12. The first kappa shape index (κ1) is 13.1. The van der Waals surface area contributed by atoms with Gasteiger partial charge in [-0.25, -0.2) is 0 Å². The number of hydrogen-bond acceptors (Lipinski definition) is 3. The minimum absolute atomic E-state index is 0.298. The van der Waals surface area contributed by atoms with Crippen molar-refractivity contribution in [2.24, 2.45) is 0 Å². The lowest BCUT2D eigenvalue weighted by atomic mass is 10.4. The van der Waals surface area contributed by atoms with Gasteiger partial charge in [-0.05, 0) is 12.2 Å². The summed E-state index contributed by atoms with van der Waals surface area (Å²) in [6.07, 6.45) is -6.00. The van der Waals surface area contributed by atoms with Crippen molar-refractivity contribution in [2.75, 3.05) is 25.2 Å². The summed E-state index contributed by atoms with van der Waals surface area (Å²) in [6.45, 7) is 0.537. The van der Waals surface area contributed by atoms with Crippen LogP contribution in [0.2, 0.25) is 0 Å². The van der Waals surface area contributed by atoms with Gasteiger partial charge in [-0.15, -0.1) is 0 Å². The summed E-state index contributed by atoms with van der Waals surface area (Å²) in [5, 5.41) is 8.57. The molecule has 6 heteroatoms. The Morgan fingerprint density at radius 2 is 2.08 bits per heavy atom. The van der Waals surface area contributed by atoms with E-state index in [4.69, 9.17) is 9.84 Å². The standard InChI is InChI=1S/C7H13F3O2S/c1-12-3-2-4-13-5-6(11)7(8,9)10/h6,11H,2-5H2,1H3. The molecule has 13 heavy (non-hydrogen) atoms. The Balaban J connectivity index is 3.32. The van der Waals surface area contributed by atoms with Crippen LogP contribution < -0.4 is 0 Å². The van der Waals surface area contributed by atoms with E-state index in [0.717, 1.165) is 11.8 Å². The van der Waals surface area contributed by atoms with Crippen LogP contribution in [0.1, 0.15) is 6.42 Å². The highest BCUT2D eigenvalue weighted by Gasteiger charge is 2.37. The van der Waals surface area contributed by atoms with Crippen molar-refractivity contribution >= 4 is 11.8 Å². The molecule has 0 heterocycles. The summed E-state index contributed by atoms with van der Waals surface area (Å²) in [6, 6.07) is 0. The van der Waals surface area contributed by atoms with Gasteiger partial charge in [-0.3, -0.25) is 0 Å². The number of methoxy groups -OCH3 is 1. The molecule has 0 rings (SSSR count).